The number of hydrogen-bond acceptors (Lipinski definition) is 7. The van der Waals surface area contributed by atoms with Crippen LogP contribution in [-0.2, 0) is 0 Å². The Morgan fingerprint density at radius 1 is 1.29 bits per heavy atom. The van der Waals surface area contributed by atoms with Crippen molar-refractivity contribution < 1.29 is 4.52 Å². The number of benzene rings is 1. The lowest BCUT2D eigenvalue weighted by atomic mass is 10.2. The average molecular weight is 302 g/mol. The van der Waals surface area contributed by atoms with E-state index in [0.29, 0.717) is 16.9 Å². The molecule has 7 nitrogen and oxygen atoms in total. The molecular weight excluding hydrogens is 288 g/mol. The van der Waals surface area contributed by atoms with Crippen LogP contribution >= 0.6 is 11.8 Å². The van der Waals surface area contributed by atoms with Crippen LogP contribution in [0, 0.1) is 13.8 Å². The van der Waals surface area contributed by atoms with E-state index in [2.05, 4.69) is 25.7 Å². The number of rotatable bonds is 4. The second-order valence-electron chi connectivity index (χ2n) is 4.65. The molecule has 2 aromatic heterocycles. The Morgan fingerprint density at radius 3 is 2.86 bits per heavy atom. The molecule has 0 spiro atoms. The van der Waals surface area contributed by atoms with Gasteiger partial charge in [0.15, 0.2) is 5.82 Å². The van der Waals surface area contributed by atoms with Crippen LogP contribution in [0.25, 0.3) is 5.69 Å². The van der Waals surface area contributed by atoms with Crippen molar-refractivity contribution in [2.24, 2.45) is 0 Å². The number of nitrogens with zero attached hydrogens (tertiary/aromatic N) is 6. The molecule has 0 fully saturated rings. The Balaban J connectivity index is 1.86. The van der Waals surface area contributed by atoms with Gasteiger partial charge in [0.1, 0.15) is 0 Å². The Hall–Kier alpha value is -2.22. The Labute approximate surface area is 125 Å². The first-order chi connectivity index (χ1) is 10.1. The Kier molecular flexibility index (Phi) is 3.70. The van der Waals surface area contributed by atoms with Gasteiger partial charge in [0.25, 0.3) is 0 Å². The molecule has 0 aliphatic heterocycles. The van der Waals surface area contributed by atoms with E-state index in [0.717, 1.165) is 11.3 Å². The van der Waals surface area contributed by atoms with E-state index in [9.17, 15) is 0 Å². The third-order valence-corrected chi connectivity index (χ3v) is 3.88. The fourth-order valence-electron chi connectivity index (χ4n) is 1.86. The van der Waals surface area contributed by atoms with Gasteiger partial charge in [-0.25, -0.2) is 0 Å². The molecule has 0 amide bonds. The van der Waals surface area contributed by atoms with Crippen molar-refractivity contribution in [1.29, 1.82) is 0 Å². The molecule has 8 heteroatoms. The summed E-state index contributed by atoms with van der Waals surface area (Å²) >= 11 is 1.47. The lowest BCUT2D eigenvalue weighted by Crippen LogP contribution is -2.00. The first-order valence-electron chi connectivity index (χ1n) is 6.46. The highest BCUT2D eigenvalue weighted by molar-refractivity contribution is 7.99. The van der Waals surface area contributed by atoms with E-state index in [1.54, 1.807) is 11.6 Å². The van der Waals surface area contributed by atoms with Gasteiger partial charge in [-0.1, -0.05) is 29.1 Å². The summed E-state index contributed by atoms with van der Waals surface area (Å²) in [6.07, 6.45) is 0. The summed E-state index contributed by atoms with van der Waals surface area (Å²) < 4.78 is 6.89. The maximum atomic E-state index is 5.18. The molecular formula is C13H14N6OS. The molecule has 2 heterocycles. The number of thioether (sulfide) groups is 1. The van der Waals surface area contributed by atoms with Gasteiger partial charge in [-0.3, -0.25) is 0 Å². The predicted molar refractivity (Wildman–Crippen MR) is 77.2 cm³/mol. The van der Waals surface area contributed by atoms with E-state index in [4.69, 9.17) is 4.52 Å². The van der Waals surface area contributed by atoms with Crippen molar-refractivity contribution in [2.45, 2.75) is 31.2 Å². The van der Waals surface area contributed by atoms with Crippen LogP contribution in [-0.4, -0.2) is 30.3 Å². The fourth-order valence-corrected chi connectivity index (χ4v) is 2.70. The Bertz CT molecular complexity index is 752. The fraction of sp³-hybridized carbons (Fsp3) is 0.308. The van der Waals surface area contributed by atoms with Crippen molar-refractivity contribution in [3.05, 3.63) is 41.5 Å². The molecule has 108 valence electrons. The van der Waals surface area contributed by atoms with Gasteiger partial charge >= 0.3 is 0 Å². The van der Waals surface area contributed by atoms with E-state index >= 15 is 0 Å². The van der Waals surface area contributed by atoms with Gasteiger partial charge < -0.3 is 4.52 Å². The highest BCUT2D eigenvalue weighted by Gasteiger charge is 2.19. The Morgan fingerprint density at radius 2 is 2.14 bits per heavy atom. The number of aromatic nitrogens is 6. The SMILES string of the molecule is Cc1cccc(-n2nnnc2SC(C)c2nc(C)no2)c1. The molecule has 3 aromatic rings. The van der Waals surface area contributed by atoms with Gasteiger partial charge in [-0.2, -0.15) is 9.67 Å². The maximum absolute atomic E-state index is 5.18. The van der Waals surface area contributed by atoms with Gasteiger partial charge in [0.2, 0.25) is 11.0 Å². The van der Waals surface area contributed by atoms with Crippen LogP contribution in [0.2, 0.25) is 0 Å². The smallest absolute Gasteiger partial charge is 0.239 e. The van der Waals surface area contributed by atoms with E-state index in [-0.39, 0.29) is 5.25 Å². The standard InChI is InChI=1S/C13H14N6OS/c1-8-5-4-6-11(7-8)19-13(15-17-18-19)21-9(2)12-14-10(3)16-20-12/h4-7,9H,1-3H3. The lowest BCUT2D eigenvalue weighted by molar-refractivity contribution is 0.376. The summed E-state index contributed by atoms with van der Waals surface area (Å²) in [7, 11) is 0. The van der Waals surface area contributed by atoms with Crippen LogP contribution in [0.3, 0.4) is 0 Å². The van der Waals surface area contributed by atoms with Crippen molar-refractivity contribution in [3.8, 4) is 5.69 Å². The monoisotopic (exact) mass is 302 g/mol. The third kappa shape index (κ3) is 2.94. The van der Waals surface area contributed by atoms with Crippen molar-refractivity contribution in [1.82, 2.24) is 30.3 Å². The van der Waals surface area contributed by atoms with E-state index in [1.165, 1.54) is 11.8 Å². The molecule has 0 bridgehead atoms. The summed E-state index contributed by atoms with van der Waals surface area (Å²) in [5.41, 5.74) is 2.08. The molecule has 0 N–H and O–H groups in total. The summed E-state index contributed by atoms with van der Waals surface area (Å²) in [5.74, 6) is 1.19. The van der Waals surface area contributed by atoms with Crippen LogP contribution < -0.4 is 0 Å². The minimum Gasteiger partial charge on any atom is -0.338 e. The zero-order chi connectivity index (χ0) is 14.8. The van der Waals surface area contributed by atoms with Crippen LogP contribution in [0.5, 0.6) is 0 Å². The molecule has 3 rings (SSSR count). The maximum Gasteiger partial charge on any atom is 0.239 e. The van der Waals surface area contributed by atoms with Crippen LogP contribution in [0.15, 0.2) is 33.9 Å². The minimum absolute atomic E-state index is 0.0271. The van der Waals surface area contributed by atoms with Crippen molar-refractivity contribution >= 4 is 11.8 Å². The van der Waals surface area contributed by atoms with Gasteiger partial charge in [0.05, 0.1) is 10.9 Å². The summed E-state index contributed by atoms with van der Waals surface area (Å²) in [6.45, 7) is 5.80. The van der Waals surface area contributed by atoms with Crippen LogP contribution in [0.1, 0.15) is 29.5 Å². The van der Waals surface area contributed by atoms with E-state index < -0.39 is 0 Å². The molecule has 0 radical (unpaired) electrons. The molecule has 21 heavy (non-hydrogen) atoms. The largest absolute Gasteiger partial charge is 0.338 e. The number of hydrogen-bond donors (Lipinski definition) is 0. The van der Waals surface area contributed by atoms with Gasteiger partial charge in [-0.05, 0) is 48.9 Å². The zero-order valence-electron chi connectivity index (χ0n) is 11.9. The van der Waals surface area contributed by atoms with Crippen LogP contribution in [0.4, 0.5) is 0 Å². The average Bonchev–Trinajstić information content (AvgIpc) is 3.08. The molecule has 1 unspecified atom stereocenters. The quantitative estimate of drug-likeness (QED) is 0.685. The second kappa shape index (κ2) is 5.65. The predicted octanol–water partition coefficient (Wildman–Crippen LogP) is 2.52. The highest BCUT2D eigenvalue weighted by atomic mass is 32.2. The molecule has 0 saturated carbocycles. The third-order valence-electron chi connectivity index (χ3n) is 2.86. The summed E-state index contributed by atoms with van der Waals surface area (Å²) in [5, 5.41) is 16.3. The number of aryl methyl sites for hydroxylation is 2. The zero-order valence-corrected chi connectivity index (χ0v) is 12.7. The molecule has 0 aliphatic rings. The van der Waals surface area contributed by atoms with Crippen molar-refractivity contribution in [2.75, 3.05) is 0 Å². The number of tetrazole rings is 1. The minimum atomic E-state index is -0.0271. The molecule has 1 aromatic carbocycles. The van der Waals surface area contributed by atoms with Gasteiger partial charge in [0, 0.05) is 0 Å². The lowest BCUT2D eigenvalue weighted by Gasteiger charge is -2.07. The van der Waals surface area contributed by atoms with Crippen molar-refractivity contribution in [3.63, 3.8) is 0 Å². The normalized spacial score (nSPS) is 12.5. The first kappa shape index (κ1) is 13.7. The van der Waals surface area contributed by atoms with E-state index in [1.807, 2.05) is 38.1 Å². The molecule has 0 saturated heterocycles. The molecule has 1 atom stereocenters. The topological polar surface area (TPSA) is 82.5 Å². The first-order valence-corrected chi connectivity index (χ1v) is 7.34. The summed E-state index contributed by atoms with van der Waals surface area (Å²) in [4.78, 5) is 4.23. The summed E-state index contributed by atoms with van der Waals surface area (Å²) in [6, 6.07) is 8.01. The highest BCUT2D eigenvalue weighted by Crippen LogP contribution is 2.33. The second-order valence-corrected chi connectivity index (χ2v) is 5.96. The van der Waals surface area contributed by atoms with Gasteiger partial charge in [-0.15, -0.1) is 5.10 Å². The molecule has 0 aliphatic carbocycles.